The summed E-state index contributed by atoms with van der Waals surface area (Å²) in [6.07, 6.45) is 5.24. The first kappa shape index (κ1) is 19.9. The topological polar surface area (TPSA) is 60.9 Å². The van der Waals surface area contributed by atoms with Crippen molar-refractivity contribution in [3.63, 3.8) is 0 Å². The average Bonchev–Trinajstić information content (AvgIpc) is 2.75. The molecule has 0 saturated carbocycles. The minimum Gasteiger partial charge on any atom is -0.480 e. The van der Waals surface area contributed by atoms with E-state index in [1.54, 1.807) is 0 Å². The molecule has 2 rings (SSSR count). The fourth-order valence-corrected chi connectivity index (χ4v) is 4.61. The molecule has 140 valence electrons. The largest absolute Gasteiger partial charge is 0.480 e. The van der Waals surface area contributed by atoms with Gasteiger partial charge in [0.25, 0.3) is 0 Å². The van der Waals surface area contributed by atoms with Gasteiger partial charge in [0.15, 0.2) is 0 Å². The molecule has 6 heteroatoms. The third-order valence-corrected chi connectivity index (χ3v) is 6.05. The number of hydrogen-bond acceptors (Lipinski definition) is 4. The van der Waals surface area contributed by atoms with Crippen molar-refractivity contribution in [1.82, 2.24) is 9.80 Å². The number of likely N-dealkylation sites (tertiary alicyclic amines) is 1. The Labute approximate surface area is 154 Å². The highest BCUT2D eigenvalue weighted by Crippen LogP contribution is 2.22. The van der Waals surface area contributed by atoms with Crippen LogP contribution in [-0.4, -0.2) is 59.5 Å². The molecule has 0 spiro atoms. The van der Waals surface area contributed by atoms with Crippen LogP contribution in [0.4, 0.5) is 0 Å². The summed E-state index contributed by atoms with van der Waals surface area (Å²) in [5.74, 6) is -0.551. The number of aryl methyl sites for hydroxylation is 3. The summed E-state index contributed by atoms with van der Waals surface area (Å²) in [4.78, 5) is 29.9. The Balaban J connectivity index is 1.76. The zero-order chi connectivity index (χ0) is 18.4. The monoisotopic (exact) mass is 366 g/mol. The van der Waals surface area contributed by atoms with E-state index in [0.717, 1.165) is 45.2 Å². The Morgan fingerprint density at radius 3 is 2.72 bits per heavy atom. The minimum absolute atomic E-state index is 0.0675. The summed E-state index contributed by atoms with van der Waals surface area (Å²) in [5, 5.41) is 8.93. The molecule has 0 bridgehead atoms. The van der Waals surface area contributed by atoms with Gasteiger partial charge >= 0.3 is 5.97 Å². The molecule has 0 radical (unpaired) electrons. The second-order valence-electron chi connectivity index (χ2n) is 7.07. The summed E-state index contributed by atoms with van der Waals surface area (Å²) >= 11 is 1.82. The molecule has 0 unspecified atom stereocenters. The van der Waals surface area contributed by atoms with Crippen molar-refractivity contribution in [3.05, 3.63) is 21.4 Å². The number of likely N-dealkylation sites (N-methyl/N-ethyl adjacent to an activating group) is 1. The molecule has 0 aliphatic carbocycles. The molecule has 1 atom stereocenters. The van der Waals surface area contributed by atoms with E-state index in [2.05, 4.69) is 19.9 Å². The lowest BCUT2D eigenvalue weighted by Gasteiger charge is -2.25. The van der Waals surface area contributed by atoms with E-state index in [1.807, 2.05) is 28.2 Å². The Morgan fingerprint density at radius 2 is 2.08 bits per heavy atom. The van der Waals surface area contributed by atoms with Crippen molar-refractivity contribution in [3.8, 4) is 0 Å². The van der Waals surface area contributed by atoms with Gasteiger partial charge < -0.3 is 10.0 Å². The van der Waals surface area contributed by atoms with Crippen molar-refractivity contribution in [2.45, 2.75) is 58.4 Å². The molecule has 1 aliphatic rings. The summed E-state index contributed by atoms with van der Waals surface area (Å²) in [6.45, 7) is 5.88. The molecule has 2 heterocycles. The quantitative estimate of drug-likeness (QED) is 0.806. The summed E-state index contributed by atoms with van der Waals surface area (Å²) in [5.41, 5.74) is 1.38. The smallest absolute Gasteiger partial charge is 0.317 e. The first-order valence-corrected chi connectivity index (χ1v) is 9.94. The van der Waals surface area contributed by atoms with Crippen LogP contribution in [0.2, 0.25) is 0 Å². The van der Waals surface area contributed by atoms with E-state index in [-0.39, 0.29) is 18.5 Å². The van der Waals surface area contributed by atoms with E-state index in [1.165, 1.54) is 15.3 Å². The Bertz CT molecular complexity index is 599. The van der Waals surface area contributed by atoms with Crippen LogP contribution in [-0.2, 0) is 16.0 Å². The number of thiophene rings is 1. The van der Waals surface area contributed by atoms with Crippen LogP contribution in [0.25, 0.3) is 0 Å². The van der Waals surface area contributed by atoms with Gasteiger partial charge in [0, 0.05) is 35.3 Å². The summed E-state index contributed by atoms with van der Waals surface area (Å²) < 4.78 is 0. The van der Waals surface area contributed by atoms with Crippen LogP contribution < -0.4 is 0 Å². The second-order valence-corrected chi connectivity index (χ2v) is 8.53. The van der Waals surface area contributed by atoms with Gasteiger partial charge in [-0.15, -0.1) is 11.3 Å². The van der Waals surface area contributed by atoms with E-state index in [4.69, 9.17) is 5.11 Å². The van der Waals surface area contributed by atoms with Crippen LogP contribution in [0.15, 0.2) is 6.07 Å². The number of hydrogen-bond donors (Lipinski definition) is 1. The van der Waals surface area contributed by atoms with Gasteiger partial charge in [-0.25, -0.2) is 0 Å². The number of rotatable bonds is 7. The molecule has 1 aliphatic heterocycles. The van der Waals surface area contributed by atoms with Gasteiger partial charge in [-0.2, -0.15) is 0 Å². The molecule has 1 amide bonds. The normalized spacial score (nSPS) is 18.4. The maximum Gasteiger partial charge on any atom is 0.317 e. The molecular formula is C19H30N2O3S. The van der Waals surface area contributed by atoms with Crippen molar-refractivity contribution in [1.29, 1.82) is 0 Å². The Hall–Kier alpha value is -1.40. The van der Waals surface area contributed by atoms with Gasteiger partial charge in [0.2, 0.25) is 5.91 Å². The van der Waals surface area contributed by atoms with Crippen molar-refractivity contribution >= 4 is 23.2 Å². The summed E-state index contributed by atoms with van der Waals surface area (Å²) in [6, 6.07) is 2.49. The second kappa shape index (κ2) is 9.34. The number of carboxylic acids is 1. The molecule has 0 aromatic carbocycles. The highest BCUT2D eigenvalue weighted by atomic mass is 32.1. The molecule has 1 N–H and O–H groups in total. The lowest BCUT2D eigenvalue weighted by atomic mass is 10.1. The minimum atomic E-state index is -0.793. The zero-order valence-corrected chi connectivity index (χ0v) is 16.4. The Morgan fingerprint density at radius 1 is 1.32 bits per heavy atom. The number of carbonyl (C=O) groups is 2. The first-order chi connectivity index (χ1) is 11.9. The Kier molecular flexibility index (Phi) is 7.44. The van der Waals surface area contributed by atoms with Crippen LogP contribution in [0.5, 0.6) is 0 Å². The number of carbonyl (C=O) groups excluding carboxylic acids is 1. The predicted molar refractivity (Wildman–Crippen MR) is 101 cm³/mol. The first-order valence-electron chi connectivity index (χ1n) is 9.12. The lowest BCUT2D eigenvalue weighted by Crippen LogP contribution is -2.37. The van der Waals surface area contributed by atoms with E-state index in [0.29, 0.717) is 6.42 Å². The van der Waals surface area contributed by atoms with Crippen molar-refractivity contribution in [2.75, 3.05) is 26.7 Å². The SMILES string of the molecule is Cc1cc(CCCC(=O)N2CCC[C@@H](N(C)CC(=O)O)CC2)c(C)s1. The van der Waals surface area contributed by atoms with Crippen molar-refractivity contribution in [2.24, 2.45) is 0 Å². The molecule has 25 heavy (non-hydrogen) atoms. The maximum atomic E-state index is 12.5. The van der Waals surface area contributed by atoms with Crippen LogP contribution in [0.3, 0.4) is 0 Å². The fraction of sp³-hybridized carbons (Fsp3) is 0.684. The molecule has 5 nitrogen and oxygen atoms in total. The number of aliphatic carboxylic acids is 1. The molecule has 1 fully saturated rings. The highest BCUT2D eigenvalue weighted by Gasteiger charge is 2.23. The number of carboxylic acid groups (broad SMARTS) is 1. The highest BCUT2D eigenvalue weighted by molar-refractivity contribution is 7.12. The molecule has 1 aromatic rings. The van der Waals surface area contributed by atoms with Crippen molar-refractivity contribution < 1.29 is 14.7 Å². The molecule has 1 aromatic heterocycles. The predicted octanol–water partition coefficient (Wildman–Crippen LogP) is 3.09. The van der Waals surface area contributed by atoms with E-state index in [9.17, 15) is 9.59 Å². The number of nitrogens with zero attached hydrogens (tertiary/aromatic N) is 2. The molecular weight excluding hydrogens is 336 g/mol. The van der Waals surface area contributed by atoms with E-state index >= 15 is 0 Å². The van der Waals surface area contributed by atoms with E-state index < -0.39 is 5.97 Å². The lowest BCUT2D eigenvalue weighted by molar-refractivity contribution is -0.138. The number of amides is 1. The van der Waals surface area contributed by atoms with Gasteiger partial charge in [0.05, 0.1) is 6.54 Å². The van der Waals surface area contributed by atoms with Crippen LogP contribution in [0, 0.1) is 13.8 Å². The van der Waals surface area contributed by atoms with Gasteiger partial charge in [0.1, 0.15) is 0 Å². The van der Waals surface area contributed by atoms with Gasteiger partial charge in [-0.3, -0.25) is 14.5 Å². The van der Waals surface area contributed by atoms with Crippen LogP contribution in [0.1, 0.15) is 47.4 Å². The van der Waals surface area contributed by atoms with Gasteiger partial charge in [-0.1, -0.05) is 0 Å². The fourth-order valence-electron chi connectivity index (χ4n) is 3.63. The zero-order valence-electron chi connectivity index (χ0n) is 15.6. The third kappa shape index (κ3) is 6.12. The average molecular weight is 367 g/mol. The third-order valence-electron chi connectivity index (χ3n) is 5.04. The maximum absolute atomic E-state index is 12.5. The molecule has 1 saturated heterocycles. The van der Waals surface area contributed by atoms with Crippen LogP contribution >= 0.6 is 11.3 Å². The standard InChI is InChI=1S/C19H30N2O3S/c1-14-12-16(15(2)25-14)6-4-8-18(22)21-10-5-7-17(9-11-21)20(3)13-19(23)24/h12,17H,4-11,13H2,1-3H3,(H,23,24)/t17-/m1/s1. The van der Waals surface area contributed by atoms with Gasteiger partial charge in [-0.05, 0) is 64.6 Å². The summed E-state index contributed by atoms with van der Waals surface area (Å²) in [7, 11) is 1.86.